The molecule has 0 radical (unpaired) electrons. The van der Waals surface area contributed by atoms with Crippen LogP contribution in [0.4, 0.5) is 11.4 Å². The minimum absolute atomic E-state index is 0.822. The summed E-state index contributed by atoms with van der Waals surface area (Å²) in [6, 6.07) is 7.91. The van der Waals surface area contributed by atoms with Crippen molar-refractivity contribution in [3.8, 4) is 0 Å². The van der Waals surface area contributed by atoms with Crippen molar-refractivity contribution in [1.29, 1.82) is 0 Å². The first-order valence-corrected chi connectivity index (χ1v) is 6.80. The first kappa shape index (κ1) is 12.2. The van der Waals surface area contributed by atoms with Crippen LogP contribution < -0.4 is 11.1 Å². The van der Waals surface area contributed by atoms with Crippen molar-refractivity contribution < 1.29 is 0 Å². The first-order chi connectivity index (χ1) is 7.33. The van der Waals surface area contributed by atoms with Gasteiger partial charge in [-0.2, -0.15) is 11.8 Å². The van der Waals surface area contributed by atoms with Crippen LogP contribution in [0, 0.1) is 0 Å². The van der Waals surface area contributed by atoms with Crippen LogP contribution in [0.2, 0.25) is 0 Å². The molecule has 0 unspecified atom stereocenters. The molecule has 0 saturated carbocycles. The highest BCUT2D eigenvalue weighted by atomic mass is 32.2. The van der Waals surface area contributed by atoms with E-state index in [1.807, 2.05) is 30.0 Å². The van der Waals surface area contributed by atoms with Crippen molar-refractivity contribution in [2.75, 3.05) is 29.6 Å². The Morgan fingerprint density at radius 3 is 2.87 bits per heavy atom. The summed E-state index contributed by atoms with van der Waals surface area (Å²) in [6.07, 6.45) is 6.01. The number of rotatable bonds is 7. The summed E-state index contributed by atoms with van der Waals surface area (Å²) in [5, 5.41) is 3.38. The Bertz CT molecular complexity index is 276. The van der Waals surface area contributed by atoms with E-state index in [-0.39, 0.29) is 0 Å². The largest absolute Gasteiger partial charge is 0.399 e. The average Bonchev–Trinajstić information content (AvgIpc) is 2.23. The van der Waals surface area contributed by atoms with Crippen LogP contribution >= 0.6 is 11.8 Å². The molecule has 15 heavy (non-hydrogen) atoms. The summed E-state index contributed by atoms with van der Waals surface area (Å²) >= 11 is 1.92. The third-order valence-electron chi connectivity index (χ3n) is 2.24. The number of nitrogen functional groups attached to an aromatic ring is 1. The predicted molar refractivity (Wildman–Crippen MR) is 71.6 cm³/mol. The van der Waals surface area contributed by atoms with Crippen LogP contribution in [0.15, 0.2) is 24.3 Å². The zero-order chi connectivity index (χ0) is 10.9. The minimum atomic E-state index is 0.822. The van der Waals surface area contributed by atoms with Crippen molar-refractivity contribution in [1.82, 2.24) is 0 Å². The van der Waals surface area contributed by atoms with Gasteiger partial charge in [0, 0.05) is 17.9 Å². The van der Waals surface area contributed by atoms with Gasteiger partial charge in [0.15, 0.2) is 0 Å². The molecule has 3 heteroatoms. The molecule has 1 aromatic rings. The Kier molecular flexibility index (Phi) is 6.09. The second-order valence-electron chi connectivity index (χ2n) is 3.61. The van der Waals surface area contributed by atoms with Gasteiger partial charge in [0.2, 0.25) is 0 Å². The summed E-state index contributed by atoms with van der Waals surface area (Å²) in [7, 11) is 0. The van der Waals surface area contributed by atoms with Gasteiger partial charge in [-0.25, -0.2) is 0 Å². The van der Waals surface area contributed by atoms with Crippen LogP contribution in [0.1, 0.15) is 19.3 Å². The first-order valence-electron chi connectivity index (χ1n) is 5.41. The van der Waals surface area contributed by atoms with Crippen molar-refractivity contribution >= 4 is 23.1 Å². The average molecular weight is 224 g/mol. The molecule has 84 valence electrons. The third-order valence-corrected chi connectivity index (χ3v) is 2.94. The highest BCUT2D eigenvalue weighted by Gasteiger charge is 1.92. The number of hydrogen-bond acceptors (Lipinski definition) is 3. The molecule has 1 aromatic carbocycles. The fourth-order valence-corrected chi connectivity index (χ4v) is 1.92. The molecule has 0 bridgehead atoms. The van der Waals surface area contributed by atoms with Crippen molar-refractivity contribution in [3.05, 3.63) is 24.3 Å². The van der Waals surface area contributed by atoms with Gasteiger partial charge in [0.25, 0.3) is 0 Å². The predicted octanol–water partition coefficient (Wildman–Crippen LogP) is 3.21. The van der Waals surface area contributed by atoms with E-state index >= 15 is 0 Å². The van der Waals surface area contributed by atoms with Gasteiger partial charge in [-0.1, -0.05) is 12.5 Å². The highest BCUT2D eigenvalue weighted by molar-refractivity contribution is 7.98. The number of anilines is 2. The summed E-state index contributed by atoms with van der Waals surface area (Å²) in [5.41, 5.74) is 7.63. The smallest absolute Gasteiger partial charge is 0.0360 e. The number of nitrogens with two attached hydrogens (primary N) is 1. The molecule has 0 aliphatic rings. The molecule has 0 aromatic heterocycles. The van der Waals surface area contributed by atoms with E-state index in [1.165, 1.54) is 25.0 Å². The molecule has 0 spiro atoms. The summed E-state index contributed by atoms with van der Waals surface area (Å²) < 4.78 is 0. The lowest BCUT2D eigenvalue weighted by atomic mass is 10.2. The van der Waals surface area contributed by atoms with Crippen LogP contribution in [0.3, 0.4) is 0 Å². The molecular weight excluding hydrogens is 204 g/mol. The van der Waals surface area contributed by atoms with Gasteiger partial charge in [0.1, 0.15) is 0 Å². The van der Waals surface area contributed by atoms with Crippen LogP contribution in [-0.4, -0.2) is 18.6 Å². The zero-order valence-corrected chi connectivity index (χ0v) is 10.1. The Morgan fingerprint density at radius 2 is 2.13 bits per heavy atom. The standard InChI is InChI=1S/C12H20N2S/c1-15-9-4-2-3-8-14-12-7-5-6-11(13)10-12/h5-7,10,14H,2-4,8-9,13H2,1H3. The van der Waals surface area contributed by atoms with E-state index in [4.69, 9.17) is 5.73 Å². The molecule has 3 N–H and O–H groups in total. The molecule has 0 amide bonds. The SMILES string of the molecule is CSCCCCCNc1cccc(N)c1. The normalized spacial score (nSPS) is 10.2. The maximum Gasteiger partial charge on any atom is 0.0360 e. The topological polar surface area (TPSA) is 38.0 Å². The molecule has 0 heterocycles. The van der Waals surface area contributed by atoms with Crippen LogP contribution in [0.5, 0.6) is 0 Å². The molecule has 1 rings (SSSR count). The van der Waals surface area contributed by atoms with Crippen LogP contribution in [-0.2, 0) is 0 Å². The molecule has 0 saturated heterocycles. The van der Waals surface area contributed by atoms with E-state index in [1.54, 1.807) is 0 Å². The van der Waals surface area contributed by atoms with Gasteiger partial charge in [-0.05, 0) is 43.0 Å². The monoisotopic (exact) mass is 224 g/mol. The summed E-state index contributed by atoms with van der Waals surface area (Å²) in [5.74, 6) is 1.28. The number of benzene rings is 1. The fourth-order valence-electron chi connectivity index (χ4n) is 1.43. The van der Waals surface area contributed by atoms with E-state index in [0.29, 0.717) is 0 Å². The number of hydrogen-bond donors (Lipinski definition) is 2. The van der Waals surface area contributed by atoms with Gasteiger partial charge in [-0.15, -0.1) is 0 Å². The van der Waals surface area contributed by atoms with E-state index in [9.17, 15) is 0 Å². The molecule has 0 aliphatic heterocycles. The Balaban J connectivity index is 2.10. The van der Waals surface area contributed by atoms with E-state index < -0.39 is 0 Å². The van der Waals surface area contributed by atoms with Crippen molar-refractivity contribution in [3.63, 3.8) is 0 Å². The lowest BCUT2D eigenvalue weighted by Gasteiger charge is -2.06. The Labute approximate surface area is 96.6 Å². The van der Waals surface area contributed by atoms with E-state index in [0.717, 1.165) is 17.9 Å². The minimum Gasteiger partial charge on any atom is -0.399 e. The molecular formula is C12H20N2S. The van der Waals surface area contributed by atoms with Gasteiger partial charge < -0.3 is 11.1 Å². The Hall–Kier alpha value is -0.830. The molecule has 2 nitrogen and oxygen atoms in total. The van der Waals surface area contributed by atoms with Crippen molar-refractivity contribution in [2.45, 2.75) is 19.3 Å². The quantitative estimate of drug-likeness (QED) is 0.551. The van der Waals surface area contributed by atoms with Gasteiger partial charge in [-0.3, -0.25) is 0 Å². The van der Waals surface area contributed by atoms with Gasteiger partial charge >= 0.3 is 0 Å². The second kappa shape index (κ2) is 7.46. The molecule has 0 fully saturated rings. The Morgan fingerprint density at radius 1 is 1.27 bits per heavy atom. The number of unbranched alkanes of at least 4 members (excludes halogenated alkanes) is 2. The fraction of sp³-hybridized carbons (Fsp3) is 0.500. The van der Waals surface area contributed by atoms with E-state index in [2.05, 4.69) is 17.6 Å². The molecule has 0 aliphatic carbocycles. The van der Waals surface area contributed by atoms with Gasteiger partial charge in [0.05, 0.1) is 0 Å². The lowest BCUT2D eigenvalue weighted by Crippen LogP contribution is -2.01. The highest BCUT2D eigenvalue weighted by Crippen LogP contribution is 2.12. The maximum absolute atomic E-state index is 5.69. The van der Waals surface area contributed by atoms with Crippen molar-refractivity contribution in [2.24, 2.45) is 0 Å². The second-order valence-corrected chi connectivity index (χ2v) is 4.59. The number of thioether (sulfide) groups is 1. The van der Waals surface area contributed by atoms with Crippen LogP contribution in [0.25, 0.3) is 0 Å². The zero-order valence-electron chi connectivity index (χ0n) is 9.33. The molecule has 0 atom stereocenters. The maximum atomic E-state index is 5.69. The summed E-state index contributed by atoms with van der Waals surface area (Å²) in [4.78, 5) is 0. The third kappa shape index (κ3) is 5.57. The lowest BCUT2D eigenvalue weighted by molar-refractivity contribution is 0.750. The number of nitrogens with one attached hydrogen (secondary N) is 1. The summed E-state index contributed by atoms with van der Waals surface area (Å²) in [6.45, 7) is 1.04.